The molecule has 1 radical (unpaired) electrons. The quantitative estimate of drug-likeness (QED) is 0.746. The van der Waals surface area contributed by atoms with Crippen molar-refractivity contribution in [3.05, 3.63) is 0 Å². The molecule has 2 atom stereocenters. The highest BCUT2D eigenvalue weighted by Gasteiger charge is 2.56. The minimum absolute atomic E-state index is 0.616. The molecule has 3 amide bonds. The normalized spacial score (nSPS) is 28.4. The third-order valence-electron chi connectivity index (χ3n) is 2.96. The highest BCUT2D eigenvalue weighted by atomic mass is 16.5. The maximum atomic E-state index is 12.6. The van der Waals surface area contributed by atoms with E-state index in [4.69, 9.17) is 4.74 Å². The van der Waals surface area contributed by atoms with Gasteiger partial charge in [-0.3, -0.25) is 10.1 Å². The molecule has 1 aliphatic heterocycles. The molecule has 0 aromatic rings. The summed E-state index contributed by atoms with van der Waals surface area (Å²) in [6.45, 7) is 11.9. The number of hydrogen-bond acceptors (Lipinski definition) is 4. The van der Waals surface area contributed by atoms with Gasteiger partial charge in [0.15, 0.2) is 11.8 Å². The molecule has 20 heavy (non-hydrogen) atoms. The fraction of sp³-hybridized carbons (Fsp3) is 0.846. The summed E-state index contributed by atoms with van der Waals surface area (Å²) in [6.07, 6.45) is -1.03. The van der Waals surface area contributed by atoms with Crippen LogP contribution < -0.4 is 10.6 Å². The first kappa shape index (κ1) is 16.9. The largest absolute Gasteiger partial charge is 0.350 e. The molecule has 1 rings (SSSR count). The summed E-state index contributed by atoms with van der Waals surface area (Å²) < 4.78 is 5.72. The van der Waals surface area contributed by atoms with Crippen molar-refractivity contribution < 1.29 is 19.5 Å². The van der Waals surface area contributed by atoms with E-state index >= 15 is 0 Å². The van der Waals surface area contributed by atoms with E-state index < -0.39 is 34.8 Å². The first-order valence-electron chi connectivity index (χ1n) is 6.56. The Labute approximate surface area is 119 Å². The summed E-state index contributed by atoms with van der Waals surface area (Å²) in [4.78, 5) is 23.7. The van der Waals surface area contributed by atoms with Gasteiger partial charge in [0.2, 0.25) is 0 Å². The Balaban J connectivity index is 3.20. The molecule has 0 bridgehead atoms. The smallest absolute Gasteiger partial charge is 0.323 e. The number of hydrogen-bond donors (Lipinski definition) is 2. The zero-order chi connectivity index (χ0) is 15.9. The van der Waals surface area contributed by atoms with Crippen LogP contribution in [0.15, 0.2) is 0 Å². The Morgan fingerprint density at radius 3 is 2.05 bits per heavy atom. The van der Waals surface area contributed by atoms with Crippen molar-refractivity contribution in [1.82, 2.24) is 15.7 Å². The predicted molar refractivity (Wildman–Crippen MR) is 72.0 cm³/mol. The van der Waals surface area contributed by atoms with E-state index in [1.54, 1.807) is 41.5 Å². The van der Waals surface area contributed by atoms with E-state index in [0.717, 1.165) is 0 Å². The molecular weight excluding hydrogens is 262 g/mol. The Morgan fingerprint density at radius 2 is 1.65 bits per heavy atom. The third kappa shape index (κ3) is 3.28. The van der Waals surface area contributed by atoms with Gasteiger partial charge in [0, 0.05) is 5.54 Å². The fourth-order valence-corrected chi connectivity index (χ4v) is 2.04. The van der Waals surface area contributed by atoms with E-state index in [9.17, 15) is 14.8 Å². The lowest BCUT2D eigenvalue weighted by Gasteiger charge is -2.48. The number of carbonyl (C=O) groups is 2. The summed E-state index contributed by atoms with van der Waals surface area (Å²) >= 11 is 0. The second-order valence-corrected chi connectivity index (χ2v) is 7.15. The number of nitrogens with zero attached hydrogens (tertiary/aromatic N) is 1. The maximum absolute atomic E-state index is 12.6. The van der Waals surface area contributed by atoms with Crippen LogP contribution in [-0.4, -0.2) is 39.9 Å². The van der Waals surface area contributed by atoms with Crippen LogP contribution in [0, 0.1) is 0 Å². The van der Waals surface area contributed by atoms with Crippen molar-refractivity contribution in [3.63, 3.8) is 0 Å². The van der Waals surface area contributed by atoms with E-state index in [-0.39, 0.29) is 0 Å². The summed E-state index contributed by atoms with van der Waals surface area (Å²) in [5.74, 6) is -0.666. The molecule has 7 heteroatoms. The Kier molecular flexibility index (Phi) is 4.20. The SMILES string of the molecule is CC(C)(C)OC1NC(=O)NC(=O)C1(C)N([O])C(C)(C)C. The average molecular weight is 286 g/mol. The molecule has 1 saturated heterocycles. The molecular formula is C13H24N3O4. The fourth-order valence-electron chi connectivity index (χ4n) is 2.04. The zero-order valence-electron chi connectivity index (χ0n) is 13.2. The van der Waals surface area contributed by atoms with Crippen LogP contribution in [0.4, 0.5) is 4.79 Å². The Morgan fingerprint density at radius 1 is 1.15 bits per heavy atom. The first-order valence-corrected chi connectivity index (χ1v) is 6.56. The van der Waals surface area contributed by atoms with Crippen molar-refractivity contribution in [2.75, 3.05) is 0 Å². The molecule has 0 aliphatic carbocycles. The van der Waals surface area contributed by atoms with E-state index in [1.807, 2.05) is 0 Å². The molecule has 115 valence electrons. The number of nitrogens with one attached hydrogen (secondary N) is 2. The van der Waals surface area contributed by atoms with E-state index in [0.29, 0.717) is 5.06 Å². The number of imide groups is 1. The monoisotopic (exact) mass is 286 g/mol. The maximum Gasteiger partial charge on any atom is 0.323 e. The van der Waals surface area contributed by atoms with Crippen molar-refractivity contribution in [2.24, 2.45) is 0 Å². The van der Waals surface area contributed by atoms with Gasteiger partial charge in [0.1, 0.15) is 0 Å². The first-order chi connectivity index (χ1) is 8.78. The van der Waals surface area contributed by atoms with Gasteiger partial charge in [0.05, 0.1) is 5.60 Å². The van der Waals surface area contributed by atoms with Crippen LogP contribution in [0.25, 0.3) is 0 Å². The van der Waals surface area contributed by atoms with Crippen LogP contribution in [0.3, 0.4) is 0 Å². The molecule has 2 unspecified atom stereocenters. The topological polar surface area (TPSA) is 90.6 Å². The van der Waals surface area contributed by atoms with Crippen LogP contribution in [-0.2, 0) is 14.7 Å². The van der Waals surface area contributed by atoms with Crippen LogP contribution in [0.5, 0.6) is 0 Å². The summed E-state index contributed by atoms with van der Waals surface area (Å²) in [5.41, 5.74) is -2.97. The zero-order valence-corrected chi connectivity index (χ0v) is 13.2. The van der Waals surface area contributed by atoms with Gasteiger partial charge in [-0.15, -0.1) is 10.3 Å². The van der Waals surface area contributed by atoms with Crippen molar-refractivity contribution >= 4 is 11.9 Å². The Hall–Kier alpha value is -1.18. The predicted octanol–water partition coefficient (Wildman–Crippen LogP) is 1.17. The molecule has 2 N–H and O–H groups in total. The number of hydroxylamine groups is 2. The number of urea groups is 1. The molecule has 0 aromatic carbocycles. The number of ether oxygens (including phenoxy) is 1. The van der Waals surface area contributed by atoms with Gasteiger partial charge in [-0.1, -0.05) is 0 Å². The summed E-state index contributed by atoms with van der Waals surface area (Å²) in [5, 5.41) is 17.9. The number of rotatable bonds is 2. The standard InChI is InChI=1S/C13H24N3O4/c1-11(2,3)16(19)13(7)8(17)14-10(18)15-9(13)20-12(4,5)6/h9H,1-7H3,(H2,14,15,17,18). The lowest BCUT2D eigenvalue weighted by molar-refractivity contribution is -0.296. The number of carbonyl (C=O) groups excluding carboxylic acids is 2. The number of amides is 3. The average Bonchev–Trinajstić information content (AvgIpc) is 2.20. The molecule has 1 aliphatic rings. The minimum atomic E-state index is -1.54. The molecule has 0 saturated carbocycles. The second kappa shape index (κ2) is 4.98. The lowest BCUT2D eigenvalue weighted by Crippen LogP contribution is -2.76. The summed E-state index contributed by atoms with van der Waals surface area (Å²) in [7, 11) is 0. The molecule has 0 aromatic heterocycles. The van der Waals surface area contributed by atoms with E-state index in [1.165, 1.54) is 6.92 Å². The van der Waals surface area contributed by atoms with Crippen LogP contribution in [0.1, 0.15) is 48.5 Å². The molecule has 0 spiro atoms. The van der Waals surface area contributed by atoms with Gasteiger partial charge >= 0.3 is 6.03 Å². The molecule has 1 heterocycles. The van der Waals surface area contributed by atoms with Gasteiger partial charge < -0.3 is 10.1 Å². The van der Waals surface area contributed by atoms with Gasteiger partial charge in [-0.05, 0) is 48.5 Å². The highest BCUT2D eigenvalue weighted by molar-refractivity contribution is 6.02. The van der Waals surface area contributed by atoms with Crippen molar-refractivity contribution in [3.8, 4) is 0 Å². The third-order valence-corrected chi connectivity index (χ3v) is 2.96. The van der Waals surface area contributed by atoms with Gasteiger partial charge in [-0.25, -0.2) is 4.79 Å². The van der Waals surface area contributed by atoms with E-state index in [2.05, 4.69) is 10.6 Å². The highest BCUT2D eigenvalue weighted by Crippen LogP contribution is 2.31. The molecule has 1 fully saturated rings. The van der Waals surface area contributed by atoms with Gasteiger partial charge in [0.25, 0.3) is 5.91 Å². The van der Waals surface area contributed by atoms with Crippen molar-refractivity contribution in [1.29, 1.82) is 0 Å². The van der Waals surface area contributed by atoms with Crippen LogP contribution >= 0.6 is 0 Å². The van der Waals surface area contributed by atoms with Gasteiger partial charge in [-0.2, -0.15) is 0 Å². The summed E-state index contributed by atoms with van der Waals surface area (Å²) in [6, 6.07) is -0.663. The Bertz CT molecular complexity index is 411. The lowest BCUT2D eigenvalue weighted by atomic mass is 9.91. The molecule has 7 nitrogen and oxygen atoms in total. The second-order valence-electron chi connectivity index (χ2n) is 7.15. The minimum Gasteiger partial charge on any atom is -0.350 e. The van der Waals surface area contributed by atoms with Crippen molar-refractivity contribution in [2.45, 2.75) is 71.4 Å². The van der Waals surface area contributed by atoms with Crippen LogP contribution in [0.2, 0.25) is 0 Å².